The second kappa shape index (κ2) is 7.09. The van der Waals surface area contributed by atoms with E-state index in [2.05, 4.69) is 65.0 Å². The summed E-state index contributed by atoms with van der Waals surface area (Å²) in [5.74, 6) is 1.73. The van der Waals surface area contributed by atoms with E-state index < -0.39 is 0 Å². The molecule has 0 unspecified atom stereocenters. The highest BCUT2D eigenvalue weighted by Gasteiger charge is 2.20. The first-order chi connectivity index (χ1) is 13.8. The summed E-state index contributed by atoms with van der Waals surface area (Å²) in [7, 11) is 0. The van der Waals surface area contributed by atoms with Crippen LogP contribution < -0.4 is 10.6 Å². The van der Waals surface area contributed by atoms with E-state index in [1.807, 2.05) is 12.1 Å². The minimum atomic E-state index is 0.747. The zero-order chi connectivity index (χ0) is 18.9. The smallest absolute Gasteiger partial charge is 0.164 e. The van der Waals surface area contributed by atoms with E-state index in [9.17, 15) is 0 Å². The van der Waals surface area contributed by atoms with Crippen molar-refractivity contribution >= 4 is 16.7 Å². The Morgan fingerprint density at radius 1 is 1.00 bits per heavy atom. The van der Waals surface area contributed by atoms with Gasteiger partial charge in [-0.2, -0.15) is 0 Å². The molecule has 2 aromatic carbocycles. The Kier molecular flexibility index (Phi) is 4.29. The Labute approximate surface area is 164 Å². The highest BCUT2D eigenvalue weighted by Crippen LogP contribution is 2.32. The van der Waals surface area contributed by atoms with Crippen LogP contribution in [0.2, 0.25) is 0 Å². The van der Waals surface area contributed by atoms with Crippen molar-refractivity contribution in [3.63, 3.8) is 0 Å². The van der Waals surface area contributed by atoms with Crippen molar-refractivity contribution in [1.29, 1.82) is 0 Å². The largest absolute Gasteiger partial charge is 0.366 e. The van der Waals surface area contributed by atoms with Crippen molar-refractivity contribution in [3.8, 4) is 11.4 Å². The van der Waals surface area contributed by atoms with Gasteiger partial charge in [0.05, 0.1) is 5.69 Å². The molecule has 0 bridgehead atoms. The second-order valence-corrected chi connectivity index (χ2v) is 7.26. The zero-order valence-electron chi connectivity index (χ0n) is 15.9. The third-order valence-corrected chi connectivity index (χ3v) is 5.35. The number of nitrogens with zero attached hydrogens (tertiary/aromatic N) is 2. The predicted molar refractivity (Wildman–Crippen MR) is 113 cm³/mol. The number of H-pyrrole nitrogens is 1. The third kappa shape index (κ3) is 3.04. The average Bonchev–Trinajstić information content (AvgIpc) is 3.08. The van der Waals surface area contributed by atoms with Gasteiger partial charge in [-0.25, -0.2) is 9.97 Å². The summed E-state index contributed by atoms with van der Waals surface area (Å²) < 4.78 is 0. The van der Waals surface area contributed by atoms with Crippen LogP contribution in [0.5, 0.6) is 0 Å². The van der Waals surface area contributed by atoms with Gasteiger partial charge in [-0.1, -0.05) is 48.5 Å². The van der Waals surface area contributed by atoms with Crippen molar-refractivity contribution in [1.82, 2.24) is 20.3 Å². The Balaban J connectivity index is 1.60. The number of fused-ring (bicyclic) bond motifs is 2. The predicted octanol–water partition coefficient (Wildman–Crippen LogP) is 4.19. The first-order valence-corrected chi connectivity index (χ1v) is 9.75. The van der Waals surface area contributed by atoms with Crippen LogP contribution in [-0.4, -0.2) is 21.5 Å². The number of rotatable bonds is 4. The van der Waals surface area contributed by atoms with E-state index in [4.69, 9.17) is 9.97 Å². The van der Waals surface area contributed by atoms with Gasteiger partial charge in [0.25, 0.3) is 0 Å². The molecule has 0 amide bonds. The summed E-state index contributed by atoms with van der Waals surface area (Å²) in [4.78, 5) is 13.4. The van der Waals surface area contributed by atoms with E-state index in [0.717, 1.165) is 60.2 Å². The molecule has 0 fully saturated rings. The standard InChI is InChI=1S/C23H23N5/c1-15-21(17-9-5-6-10-19(17)26-15)23-27-20-11-12-24-14-18(20)22(28-23)25-13-16-7-3-2-4-8-16/h2-10,24,26H,11-14H2,1H3,(H,25,27,28). The number of aromatic amines is 1. The minimum absolute atomic E-state index is 0.747. The molecule has 0 saturated carbocycles. The lowest BCUT2D eigenvalue weighted by Gasteiger charge is -2.21. The summed E-state index contributed by atoms with van der Waals surface area (Å²) >= 11 is 0. The molecule has 0 aliphatic carbocycles. The minimum Gasteiger partial charge on any atom is -0.366 e. The summed E-state index contributed by atoms with van der Waals surface area (Å²) in [6.07, 6.45) is 0.923. The molecule has 0 atom stereocenters. The fourth-order valence-electron chi connectivity index (χ4n) is 3.95. The van der Waals surface area contributed by atoms with Gasteiger partial charge >= 0.3 is 0 Å². The number of aromatic nitrogens is 3. The monoisotopic (exact) mass is 369 g/mol. The molecule has 5 rings (SSSR count). The van der Waals surface area contributed by atoms with Crippen LogP contribution >= 0.6 is 0 Å². The topological polar surface area (TPSA) is 65.6 Å². The number of benzene rings is 2. The first kappa shape index (κ1) is 17.0. The molecule has 3 heterocycles. The van der Waals surface area contributed by atoms with Crippen LogP contribution in [0.25, 0.3) is 22.3 Å². The van der Waals surface area contributed by atoms with E-state index in [1.54, 1.807) is 0 Å². The highest BCUT2D eigenvalue weighted by atomic mass is 15.1. The molecule has 140 valence electrons. The Hall–Kier alpha value is -3.18. The molecular weight excluding hydrogens is 346 g/mol. The number of hydrogen-bond donors (Lipinski definition) is 3. The molecule has 1 aliphatic rings. The van der Waals surface area contributed by atoms with Crippen molar-refractivity contribution in [2.75, 3.05) is 11.9 Å². The first-order valence-electron chi connectivity index (χ1n) is 9.75. The van der Waals surface area contributed by atoms with Gasteiger partial charge in [0.1, 0.15) is 5.82 Å². The maximum absolute atomic E-state index is 4.97. The number of nitrogens with one attached hydrogen (secondary N) is 3. The highest BCUT2D eigenvalue weighted by molar-refractivity contribution is 5.95. The lowest BCUT2D eigenvalue weighted by Crippen LogP contribution is -2.26. The molecule has 1 aliphatic heterocycles. The van der Waals surface area contributed by atoms with Crippen LogP contribution in [0.3, 0.4) is 0 Å². The normalized spacial score (nSPS) is 13.5. The molecule has 28 heavy (non-hydrogen) atoms. The van der Waals surface area contributed by atoms with E-state index >= 15 is 0 Å². The van der Waals surface area contributed by atoms with Gasteiger partial charge in [0.15, 0.2) is 5.82 Å². The molecule has 4 aromatic rings. The number of anilines is 1. The fraction of sp³-hybridized carbons (Fsp3) is 0.217. The maximum Gasteiger partial charge on any atom is 0.164 e. The molecular formula is C23H23N5. The Morgan fingerprint density at radius 3 is 2.71 bits per heavy atom. The quantitative estimate of drug-likeness (QED) is 0.505. The Bertz CT molecular complexity index is 1130. The number of hydrogen-bond acceptors (Lipinski definition) is 4. The van der Waals surface area contributed by atoms with Crippen molar-refractivity contribution < 1.29 is 0 Å². The van der Waals surface area contributed by atoms with E-state index in [-0.39, 0.29) is 0 Å². The lowest BCUT2D eigenvalue weighted by atomic mass is 10.1. The van der Waals surface area contributed by atoms with Crippen molar-refractivity contribution in [2.24, 2.45) is 0 Å². The molecule has 0 spiro atoms. The van der Waals surface area contributed by atoms with Crippen LogP contribution in [0.1, 0.15) is 22.5 Å². The van der Waals surface area contributed by atoms with Crippen LogP contribution in [0.15, 0.2) is 54.6 Å². The zero-order valence-corrected chi connectivity index (χ0v) is 15.9. The van der Waals surface area contributed by atoms with E-state index in [0.29, 0.717) is 0 Å². The Morgan fingerprint density at radius 2 is 1.82 bits per heavy atom. The summed E-state index contributed by atoms with van der Waals surface area (Å²) in [6, 6.07) is 18.8. The van der Waals surface area contributed by atoms with Crippen molar-refractivity contribution in [3.05, 3.63) is 77.1 Å². The van der Waals surface area contributed by atoms with E-state index in [1.165, 1.54) is 16.5 Å². The SMILES string of the molecule is Cc1[nH]c2ccccc2c1-c1nc2c(c(NCc3ccccc3)n1)CNCC2. The van der Waals surface area contributed by atoms with Gasteiger partial charge in [-0.05, 0) is 18.6 Å². The van der Waals surface area contributed by atoms with Crippen LogP contribution in [0, 0.1) is 6.92 Å². The van der Waals surface area contributed by atoms with Crippen LogP contribution in [0.4, 0.5) is 5.82 Å². The second-order valence-electron chi connectivity index (χ2n) is 7.26. The molecule has 5 heteroatoms. The van der Waals surface area contributed by atoms with Gasteiger partial charge in [0.2, 0.25) is 0 Å². The third-order valence-electron chi connectivity index (χ3n) is 5.35. The number of para-hydroxylation sites is 1. The molecule has 0 radical (unpaired) electrons. The summed E-state index contributed by atoms with van der Waals surface area (Å²) in [6.45, 7) is 4.60. The maximum atomic E-state index is 4.97. The van der Waals surface area contributed by atoms with Gasteiger partial charge < -0.3 is 15.6 Å². The van der Waals surface area contributed by atoms with Gasteiger partial charge in [-0.15, -0.1) is 0 Å². The molecule has 0 saturated heterocycles. The molecule has 3 N–H and O–H groups in total. The fourth-order valence-corrected chi connectivity index (χ4v) is 3.95. The van der Waals surface area contributed by atoms with Gasteiger partial charge in [0, 0.05) is 53.8 Å². The lowest BCUT2D eigenvalue weighted by molar-refractivity contribution is 0.628. The number of aryl methyl sites for hydroxylation is 1. The van der Waals surface area contributed by atoms with Gasteiger partial charge in [-0.3, -0.25) is 0 Å². The van der Waals surface area contributed by atoms with Crippen molar-refractivity contribution in [2.45, 2.75) is 26.4 Å². The molecule has 2 aromatic heterocycles. The van der Waals surface area contributed by atoms with Crippen LogP contribution in [-0.2, 0) is 19.5 Å². The summed E-state index contributed by atoms with van der Waals surface area (Å²) in [5, 5.41) is 8.18. The summed E-state index contributed by atoms with van der Waals surface area (Å²) in [5.41, 5.74) is 6.89. The molecule has 5 nitrogen and oxygen atoms in total. The average molecular weight is 369 g/mol.